The standard InChI is InChI=1S/2BrO3.Co.6H2O/c2*2-1(3)4;;;;;;;/h;;;6*1H2/q2*-1;+2;;;;;;. The van der Waals surface area contributed by atoms with Crippen molar-refractivity contribution in [1.82, 2.24) is 0 Å². The summed E-state index contributed by atoms with van der Waals surface area (Å²) in [5, 5.41) is 0. The van der Waals surface area contributed by atoms with E-state index in [1.165, 1.54) is 0 Å². The van der Waals surface area contributed by atoms with E-state index in [-0.39, 0.29) is 49.6 Å². The summed E-state index contributed by atoms with van der Waals surface area (Å²) in [5.74, 6) is 0. The molecule has 12 nitrogen and oxygen atoms in total. The first-order valence-corrected chi connectivity index (χ1v) is 4.81. The second-order valence-corrected chi connectivity index (χ2v) is 1.96. The van der Waals surface area contributed by atoms with Gasteiger partial charge in [-0.15, -0.1) is 0 Å². The van der Waals surface area contributed by atoms with Crippen molar-refractivity contribution >= 4 is 0 Å². The van der Waals surface area contributed by atoms with Crippen LogP contribution in [-0.2, 0) is 16.8 Å². The molecule has 0 heterocycles. The summed E-state index contributed by atoms with van der Waals surface area (Å²) >= 11 is -7.29. The third-order valence-electron chi connectivity index (χ3n) is 0. The topological polar surface area (TPSA) is 327 Å². The SMILES string of the molecule is O.O.O.O.O.O.[Co+2].[O-][Br+2]([O-])[O-].[O-][Br+2]([O-])[O-]. The van der Waals surface area contributed by atoms with E-state index in [0.717, 1.165) is 0 Å². The van der Waals surface area contributed by atoms with E-state index in [4.69, 9.17) is 25.2 Å². The molecule has 0 aliphatic heterocycles. The zero-order valence-electron chi connectivity index (χ0n) is 6.54. The molecule has 1 radical (unpaired) electrons. The van der Waals surface area contributed by atoms with Gasteiger partial charge in [-0.3, -0.25) is 0 Å². The second kappa shape index (κ2) is 60.1. The molecule has 107 valence electrons. The molecule has 0 spiro atoms. The fraction of sp³-hybridized carbons (Fsp3) is 0. The molecule has 0 rings (SSSR count). The Morgan fingerprint density at radius 3 is 0.400 bits per heavy atom. The van der Waals surface area contributed by atoms with Crippen molar-refractivity contribution in [2.24, 2.45) is 0 Å². The minimum absolute atomic E-state index is 0. The molecule has 0 atom stereocenters. The number of rotatable bonds is 0. The zero-order valence-corrected chi connectivity index (χ0v) is 10.8. The second-order valence-electron chi connectivity index (χ2n) is 0.378. The molecule has 0 aromatic carbocycles. The van der Waals surface area contributed by atoms with Gasteiger partial charge in [0.2, 0.25) is 29.6 Å². The van der Waals surface area contributed by atoms with Crippen molar-refractivity contribution in [2.45, 2.75) is 0 Å². The van der Waals surface area contributed by atoms with Crippen LogP contribution < -0.4 is 25.2 Å². The summed E-state index contributed by atoms with van der Waals surface area (Å²) < 4.78 is 51.1. The van der Waals surface area contributed by atoms with Crippen molar-refractivity contribution < 1.29 is 104 Å². The van der Waals surface area contributed by atoms with Gasteiger partial charge in [0.15, 0.2) is 0 Å². The molecule has 0 amide bonds. The Labute approximate surface area is 104 Å². The van der Waals surface area contributed by atoms with Crippen LogP contribution in [0.25, 0.3) is 0 Å². The Kier molecular flexibility index (Phi) is 295. The molecule has 15 heavy (non-hydrogen) atoms. The Morgan fingerprint density at radius 1 is 0.400 bits per heavy atom. The fourth-order valence-corrected chi connectivity index (χ4v) is 0. The van der Waals surface area contributed by atoms with E-state index in [1.807, 2.05) is 0 Å². The monoisotopic (exact) mass is 421 g/mol. The van der Waals surface area contributed by atoms with Crippen LogP contribution in [0, 0.1) is 29.6 Å². The van der Waals surface area contributed by atoms with Gasteiger partial charge in [0.1, 0.15) is 0 Å². The summed E-state index contributed by atoms with van der Waals surface area (Å²) in [4.78, 5) is 0. The van der Waals surface area contributed by atoms with Crippen molar-refractivity contribution in [2.75, 3.05) is 0 Å². The Morgan fingerprint density at radius 2 is 0.400 bits per heavy atom. The van der Waals surface area contributed by atoms with E-state index >= 15 is 0 Å². The number of hydrogen-bond acceptors (Lipinski definition) is 6. The normalized spacial score (nSPS) is 4.80. The minimum atomic E-state index is -3.65. The Balaban J connectivity index is -0.00000000468. The van der Waals surface area contributed by atoms with E-state index in [2.05, 4.69) is 0 Å². The molecular weight excluding hydrogens is 411 g/mol. The molecule has 0 fully saturated rings. The fourth-order valence-electron chi connectivity index (χ4n) is 0. The quantitative estimate of drug-likeness (QED) is 0.364. The summed E-state index contributed by atoms with van der Waals surface area (Å²) in [6.07, 6.45) is 0. The van der Waals surface area contributed by atoms with E-state index in [0.29, 0.717) is 0 Å². The van der Waals surface area contributed by atoms with Gasteiger partial charge >= 0.3 is 16.8 Å². The Hall–Kier alpha value is 0.986. The summed E-state index contributed by atoms with van der Waals surface area (Å²) in [6.45, 7) is 0. The van der Waals surface area contributed by atoms with Crippen LogP contribution in [0.15, 0.2) is 0 Å². The van der Waals surface area contributed by atoms with Gasteiger partial charge in [0.25, 0.3) is 0 Å². The molecule has 0 aliphatic carbocycles. The van der Waals surface area contributed by atoms with Gasteiger partial charge in [-0.1, -0.05) is 0 Å². The van der Waals surface area contributed by atoms with Crippen molar-refractivity contribution in [1.29, 1.82) is 0 Å². The van der Waals surface area contributed by atoms with Crippen LogP contribution in [0.1, 0.15) is 0 Å². The predicted molar refractivity (Wildman–Crippen MR) is 21.7 cm³/mol. The largest absolute Gasteiger partial charge is 2.00 e. The molecule has 0 aromatic heterocycles. The number of hydrogen-bond donors (Lipinski definition) is 0. The molecule has 0 unspecified atom stereocenters. The van der Waals surface area contributed by atoms with Gasteiger partial charge in [-0.25, -0.2) is 0 Å². The zero-order chi connectivity index (χ0) is 7.15. The van der Waals surface area contributed by atoms with Crippen LogP contribution in [0.4, 0.5) is 0 Å². The summed E-state index contributed by atoms with van der Waals surface area (Å²) in [6, 6.07) is 0. The molecule has 0 aromatic rings. The van der Waals surface area contributed by atoms with Crippen LogP contribution in [-0.4, -0.2) is 32.9 Å². The van der Waals surface area contributed by atoms with Crippen LogP contribution in [0.3, 0.4) is 0 Å². The molecule has 0 bridgehead atoms. The predicted octanol–water partition coefficient (Wildman–Crippen LogP) is -12.1. The van der Waals surface area contributed by atoms with E-state index < -0.39 is 29.6 Å². The van der Waals surface area contributed by atoms with Crippen molar-refractivity contribution in [3.63, 3.8) is 0 Å². The van der Waals surface area contributed by atoms with E-state index in [1.54, 1.807) is 0 Å². The molecule has 0 aliphatic rings. The third kappa shape index (κ3) is 2600. The first-order chi connectivity index (χ1) is 3.46. The number of halogens is 2. The summed E-state index contributed by atoms with van der Waals surface area (Å²) in [7, 11) is 0. The van der Waals surface area contributed by atoms with Gasteiger partial charge in [0.05, 0.1) is 0 Å². The van der Waals surface area contributed by atoms with Crippen LogP contribution in [0.2, 0.25) is 0 Å². The molecule has 0 saturated heterocycles. The smallest absolute Gasteiger partial charge is 0.412 e. The molecule has 0 saturated carbocycles. The molecule has 15 heteroatoms. The van der Waals surface area contributed by atoms with E-state index in [9.17, 15) is 0 Å². The third-order valence-corrected chi connectivity index (χ3v) is 0. The molecule has 12 N–H and O–H groups in total. The first kappa shape index (κ1) is 73.6. The first-order valence-electron chi connectivity index (χ1n) is 0.926. The molecular formula is H12Br2CoO12. The van der Waals surface area contributed by atoms with Crippen molar-refractivity contribution in [3.05, 3.63) is 0 Å². The van der Waals surface area contributed by atoms with Crippen LogP contribution >= 0.6 is 0 Å². The van der Waals surface area contributed by atoms with Gasteiger partial charge < -0.3 is 58.0 Å². The maximum absolute atomic E-state index is 8.52. The Bertz CT molecular complexity index is 29.1. The van der Waals surface area contributed by atoms with Gasteiger partial charge in [-0.05, 0) is 0 Å². The maximum atomic E-state index is 8.52. The minimum Gasteiger partial charge on any atom is -0.412 e. The van der Waals surface area contributed by atoms with Crippen LogP contribution in [0.5, 0.6) is 0 Å². The average Bonchev–Trinajstić information content (AvgIpc) is 1.25. The van der Waals surface area contributed by atoms with Gasteiger partial charge in [0, 0.05) is 0 Å². The van der Waals surface area contributed by atoms with Gasteiger partial charge in [-0.2, -0.15) is 0 Å². The average molecular weight is 423 g/mol. The van der Waals surface area contributed by atoms with Crippen molar-refractivity contribution in [3.8, 4) is 0 Å². The summed E-state index contributed by atoms with van der Waals surface area (Å²) in [5.41, 5.74) is 0. The maximum Gasteiger partial charge on any atom is 2.00 e.